The molecule has 0 unspecified atom stereocenters. The zero-order valence-electron chi connectivity index (χ0n) is 8.16. The van der Waals surface area contributed by atoms with E-state index in [-0.39, 0.29) is 0 Å². The molecule has 1 N–H and O–H groups in total. The molecular weight excluding hydrogens is 196 g/mol. The average Bonchev–Trinajstić information content (AvgIpc) is 2.15. The second-order valence-corrected chi connectivity index (χ2v) is 3.58. The molecule has 0 heterocycles. The normalized spacial score (nSPS) is 9.36. The fourth-order valence-electron chi connectivity index (χ4n) is 1.15. The Balaban J connectivity index is 3.08. The summed E-state index contributed by atoms with van der Waals surface area (Å²) in [5.41, 5.74) is 1.54. The lowest BCUT2D eigenvalue weighted by atomic mass is 9.63. The summed E-state index contributed by atoms with van der Waals surface area (Å²) in [4.78, 5) is 1.90. The second kappa shape index (κ2) is 4.41. The van der Waals surface area contributed by atoms with Crippen LogP contribution in [-0.2, 0) is 0 Å². The van der Waals surface area contributed by atoms with Gasteiger partial charge in [-0.25, -0.2) is 0 Å². The highest BCUT2D eigenvalue weighted by Crippen LogP contribution is 2.22. The van der Waals surface area contributed by atoms with Gasteiger partial charge in [-0.15, -0.1) is 12.2 Å². The summed E-state index contributed by atoms with van der Waals surface area (Å²) in [6, 6.07) is 5.28. The van der Waals surface area contributed by atoms with Gasteiger partial charge in [0, 0.05) is 14.1 Å². The Morgan fingerprint density at radius 1 is 1.50 bits per heavy atom. The maximum atomic E-state index is 9.37. The van der Waals surface area contributed by atoms with Crippen molar-refractivity contribution in [2.45, 2.75) is 0 Å². The van der Waals surface area contributed by atoms with Crippen LogP contribution in [0, 0.1) is 12.2 Å². The zero-order valence-corrected chi connectivity index (χ0v) is 8.92. The van der Waals surface area contributed by atoms with Gasteiger partial charge < -0.3 is 9.92 Å². The standard InChI is InChI=1S/C10H11BClNO/c1-4-11(14)8-5-6-10(13(2)3)9(12)7-8/h1,5-7,14H,2-3H3. The van der Waals surface area contributed by atoms with Crippen LogP contribution in [0.2, 0.25) is 5.02 Å². The van der Waals surface area contributed by atoms with Crippen LogP contribution in [-0.4, -0.2) is 26.0 Å². The molecule has 0 aromatic heterocycles. The summed E-state index contributed by atoms with van der Waals surface area (Å²) in [7, 11) is 3.80. The lowest BCUT2D eigenvalue weighted by molar-refractivity contribution is 0.601. The van der Waals surface area contributed by atoms with E-state index in [1.807, 2.05) is 25.1 Å². The van der Waals surface area contributed by atoms with Crippen molar-refractivity contribution >= 4 is 29.7 Å². The minimum Gasteiger partial charge on any atom is -0.436 e. The van der Waals surface area contributed by atoms with Crippen molar-refractivity contribution in [2.75, 3.05) is 19.0 Å². The Morgan fingerprint density at radius 3 is 2.57 bits per heavy atom. The van der Waals surface area contributed by atoms with Crippen molar-refractivity contribution in [3.63, 3.8) is 0 Å². The van der Waals surface area contributed by atoms with Crippen LogP contribution in [0.15, 0.2) is 18.2 Å². The Bertz CT molecular complexity index is 373. The van der Waals surface area contributed by atoms with Crippen LogP contribution in [0.25, 0.3) is 0 Å². The lowest BCUT2D eigenvalue weighted by Gasteiger charge is -2.15. The van der Waals surface area contributed by atoms with Gasteiger partial charge in [0.1, 0.15) is 0 Å². The molecule has 0 radical (unpaired) electrons. The van der Waals surface area contributed by atoms with Crippen molar-refractivity contribution in [2.24, 2.45) is 0 Å². The lowest BCUT2D eigenvalue weighted by Crippen LogP contribution is -2.28. The maximum absolute atomic E-state index is 9.37. The van der Waals surface area contributed by atoms with Crippen molar-refractivity contribution in [1.82, 2.24) is 0 Å². The topological polar surface area (TPSA) is 23.5 Å². The number of rotatable bonds is 2. The van der Waals surface area contributed by atoms with E-state index in [4.69, 9.17) is 18.0 Å². The molecule has 1 aromatic carbocycles. The Labute approximate surface area is 89.6 Å². The Kier molecular flexibility index (Phi) is 3.46. The number of terminal acetylenes is 1. The average molecular weight is 207 g/mol. The van der Waals surface area contributed by atoms with Gasteiger partial charge in [0.05, 0.1) is 10.7 Å². The first-order valence-electron chi connectivity index (χ1n) is 4.17. The van der Waals surface area contributed by atoms with E-state index in [1.165, 1.54) is 0 Å². The molecule has 0 atom stereocenters. The van der Waals surface area contributed by atoms with Gasteiger partial charge in [0.15, 0.2) is 0 Å². The van der Waals surface area contributed by atoms with Crippen LogP contribution < -0.4 is 10.4 Å². The minimum atomic E-state index is -0.885. The zero-order chi connectivity index (χ0) is 10.7. The summed E-state index contributed by atoms with van der Waals surface area (Å²) in [5, 5.41) is 9.96. The molecule has 2 nitrogen and oxygen atoms in total. The predicted octanol–water partition coefficient (Wildman–Crippen LogP) is 0.769. The number of nitrogens with zero attached hydrogens (tertiary/aromatic N) is 1. The molecule has 0 aliphatic heterocycles. The maximum Gasteiger partial charge on any atom is 0.412 e. The van der Waals surface area contributed by atoms with Crippen LogP contribution in [0.4, 0.5) is 5.69 Å². The first-order chi connectivity index (χ1) is 6.56. The highest BCUT2D eigenvalue weighted by Gasteiger charge is 2.12. The van der Waals surface area contributed by atoms with Crippen LogP contribution >= 0.6 is 11.6 Å². The van der Waals surface area contributed by atoms with E-state index in [0.29, 0.717) is 10.5 Å². The van der Waals surface area contributed by atoms with Gasteiger partial charge in [0.25, 0.3) is 0 Å². The largest absolute Gasteiger partial charge is 0.436 e. The number of benzene rings is 1. The molecule has 4 heteroatoms. The van der Waals surface area contributed by atoms with E-state index in [1.54, 1.807) is 12.1 Å². The van der Waals surface area contributed by atoms with Crippen LogP contribution in [0.3, 0.4) is 0 Å². The van der Waals surface area contributed by atoms with E-state index in [2.05, 4.69) is 5.82 Å². The smallest absolute Gasteiger partial charge is 0.412 e. The highest BCUT2D eigenvalue weighted by atomic mass is 35.5. The number of anilines is 1. The van der Waals surface area contributed by atoms with Gasteiger partial charge >= 0.3 is 6.92 Å². The first-order valence-corrected chi connectivity index (χ1v) is 4.55. The van der Waals surface area contributed by atoms with Gasteiger partial charge in [-0.3, -0.25) is 0 Å². The van der Waals surface area contributed by atoms with Crippen molar-refractivity contribution in [3.8, 4) is 12.2 Å². The van der Waals surface area contributed by atoms with Gasteiger partial charge in [-0.2, -0.15) is 0 Å². The molecule has 1 rings (SSSR count). The summed E-state index contributed by atoms with van der Waals surface area (Å²) < 4.78 is 0. The van der Waals surface area contributed by atoms with E-state index in [9.17, 15) is 5.02 Å². The van der Waals surface area contributed by atoms with Crippen molar-refractivity contribution in [3.05, 3.63) is 23.2 Å². The molecule has 0 amide bonds. The fourth-order valence-corrected chi connectivity index (χ4v) is 1.51. The summed E-state index contributed by atoms with van der Waals surface area (Å²) >= 11 is 6.00. The molecular formula is C10H11BClNO. The molecule has 72 valence electrons. The van der Waals surface area contributed by atoms with Gasteiger partial charge in [0.2, 0.25) is 0 Å². The van der Waals surface area contributed by atoms with Crippen LogP contribution in [0.1, 0.15) is 0 Å². The highest BCUT2D eigenvalue weighted by molar-refractivity contribution is 6.74. The third-order valence-electron chi connectivity index (χ3n) is 1.93. The summed E-state index contributed by atoms with van der Waals surface area (Å²) in [6.45, 7) is -0.885. The summed E-state index contributed by atoms with van der Waals surface area (Å²) in [6.07, 6.45) is 5.10. The molecule has 0 spiro atoms. The second-order valence-electron chi connectivity index (χ2n) is 3.17. The van der Waals surface area contributed by atoms with E-state index in [0.717, 1.165) is 5.69 Å². The quantitative estimate of drug-likeness (QED) is 0.572. The predicted molar refractivity (Wildman–Crippen MR) is 62.2 cm³/mol. The Morgan fingerprint density at radius 2 is 2.14 bits per heavy atom. The number of hydrogen-bond donors (Lipinski definition) is 1. The van der Waals surface area contributed by atoms with Crippen LogP contribution in [0.5, 0.6) is 0 Å². The molecule has 0 fully saturated rings. The van der Waals surface area contributed by atoms with Crippen molar-refractivity contribution < 1.29 is 5.02 Å². The number of hydrogen-bond acceptors (Lipinski definition) is 2. The molecule has 0 aliphatic carbocycles. The fraction of sp³-hybridized carbons (Fsp3) is 0.200. The third-order valence-corrected chi connectivity index (χ3v) is 2.23. The molecule has 14 heavy (non-hydrogen) atoms. The third kappa shape index (κ3) is 2.23. The van der Waals surface area contributed by atoms with Gasteiger partial charge in [-0.05, 0) is 17.6 Å². The molecule has 1 aromatic rings. The molecule has 0 saturated carbocycles. The van der Waals surface area contributed by atoms with Crippen molar-refractivity contribution in [1.29, 1.82) is 0 Å². The van der Waals surface area contributed by atoms with E-state index < -0.39 is 6.92 Å². The molecule has 0 saturated heterocycles. The molecule has 0 bridgehead atoms. The monoisotopic (exact) mass is 207 g/mol. The first kappa shape index (κ1) is 11.0. The summed E-state index contributed by atoms with van der Waals surface area (Å²) in [5.74, 6) is 2.24. The SMILES string of the molecule is C#CB(O)c1ccc(N(C)C)c(Cl)c1. The van der Waals surface area contributed by atoms with E-state index >= 15 is 0 Å². The van der Waals surface area contributed by atoms with Gasteiger partial charge in [-0.1, -0.05) is 17.7 Å². The Hall–Kier alpha value is -1.11. The minimum absolute atomic E-state index is 0.585. The number of halogens is 1. The molecule has 0 aliphatic rings.